The first kappa shape index (κ1) is 29.7. The molecule has 4 amide bonds. The van der Waals surface area contributed by atoms with Crippen LogP contribution >= 0.6 is 0 Å². The molecule has 0 aromatic rings. The second kappa shape index (κ2) is 11.9. The SMILES string of the molecule is C=CCNC(=O)[C@H](CC=C)NC(=O)OC(C)(C)C(NC(=O)O)([C@@H]1CC=CCN(C)C1=O)C(C)(C)C. The van der Waals surface area contributed by atoms with E-state index in [1.54, 1.807) is 41.7 Å². The number of hydrogen-bond donors (Lipinski definition) is 4. The number of carboxylic acid groups (broad SMARTS) is 1. The number of carbonyl (C=O) groups is 4. The van der Waals surface area contributed by atoms with Crippen LogP contribution in [0, 0.1) is 11.3 Å². The molecular weight excluding hydrogens is 452 g/mol. The predicted molar refractivity (Wildman–Crippen MR) is 134 cm³/mol. The molecule has 0 saturated heterocycles. The number of ether oxygens (including phenoxy) is 1. The first-order valence-electron chi connectivity index (χ1n) is 11.5. The first-order valence-corrected chi connectivity index (χ1v) is 11.5. The topological polar surface area (TPSA) is 137 Å². The number of rotatable bonds is 10. The highest BCUT2D eigenvalue weighted by Gasteiger charge is 2.63. The van der Waals surface area contributed by atoms with Crippen LogP contribution in [0.5, 0.6) is 0 Å². The molecule has 196 valence electrons. The number of alkyl carbamates (subject to hydrolysis) is 1. The van der Waals surface area contributed by atoms with Gasteiger partial charge in [-0.05, 0) is 32.1 Å². The molecule has 1 aliphatic heterocycles. The lowest BCUT2D eigenvalue weighted by molar-refractivity contribution is -0.153. The number of hydrogen-bond acceptors (Lipinski definition) is 5. The molecule has 0 radical (unpaired) electrons. The van der Waals surface area contributed by atoms with E-state index < -0.39 is 46.6 Å². The molecular formula is C25H40N4O6. The number of amides is 4. The summed E-state index contributed by atoms with van der Waals surface area (Å²) in [5.41, 5.74) is -3.94. The molecule has 10 nitrogen and oxygen atoms in total. The van der Waals surface area contributed by atoms with Gasteiger partial charge in [0.1, 0.15) is 11.6 Å². The molecule has 0 aromatic carbocycles. The van der Waals surface area contributed by atoms with Gasteiger partial charge in [0, 0.05) is 20.1 Å². The molecule has 1 rings (SSSR count). The van der Waals surface area contributed by atoms with Gasteiger partial charge in [-0.25, -0.2) is 9.59 Å². The van der Waals surface area contributed by atoms with Crippen LogP contribution in [0.3, 0.4) is 0 Å². The lowest BCUT2D eigenvalue weighted by atomic mass is 9.57. The molecule has 0 fully saturated rings. The van der Waals surface area contributed by atoms with Crippen LogP contribution < -0.4 is 16.0 Å². The summed E-state index contributed by atoms with van der Waals surface area (Å²) in [7, 11) is 1.64. The van der Waals surface area contributed by atoms with Crippen molar-refractivity contribution in [1.29, 1.82) is 0 Å². The summed E-state index contributed by atoms with van der Waals surface area (Å²) in [6.07, 6.45) is 4.78. The minimum absolute atomic E-state index is 0.146. The fraction of sp³-hybridized carbons (Fsp3) is 0.600. The van der Waals surface area contributed by atoms with Gasteiger partial charge >= 0.3 is 12.2 Å². The van der Waals surface area contributed by atoms with E-state index in [1.807, 2.05) is 12.2 Å². The molecule has 0 saturated carbocycles. The highest BCUT2D eigenvalue weighted by atomic mass is 16.6. The van der Waals surface area contributed by atoms with E-state index in [0.29, 0.717) is 6.54 Å². The number of allylic oxidation sites excluding steroid dienone is 1. The van der Waals surface area contributed by atoms with E-state index in [4.69, 9.17) is 4.74 Å². The third-order valence-corrected chi connectivity index (χ3v) is 6.33. The lowest BCUT2D eigenvalue weighted by Crippen LogP contribution is -2.75. The smallest absolute Gasteiger partial charge is 0.408 e. The molecule has 0 spiro atoms. The van der Waals surface area contributed by atoms with Crippen molar-refractivity contribution < 1.29 is 29.0 Å². The van der Waals surface area contributed by atoms with Crippen molar-refractivity contribution in [1.82, 2.24) is 20.9 Å². The molecule has 1 unspecified atom stereocenters. The molecule has 4 N–H and O–H groups in total. The van der Waals surface area contributed by atoms with Crippen molar-refractivity contribution in [2.24, 2.45) is 11.3 Å². The van der Waals surface area contributed by atoms with E-state index in [1.165, 1.54) is 17.1 Å². The fourth-order valence-corrected chi connectivity index (χ4v) is 4.90. The molecule has 1 heterocycles. The lowest BCUT2D eigenvalue weighted by Gasteiger charge is -2.56. The number of nitrogens with one attached hydrogen (secondary N) is 3. The second-order valence-corrected chi connectivity index (χ2v) is 10.1. The maximum absolute atomic E-state index is 13.4. The average molecular weight is 493 g/mol. The van der Waals surface area contributed by atoms with Gasteiger partial charge < -0.3 is 30.7 Å². The highest BCUT2D eigenvalue weighted by molar-refractivity contribution is 5.86. The Bertz CT molecular complexity index is 861. The summed E-state index contributed by atoms with van der Waals surface area (Å²) in [5, 5.41) is 17.6. The van der Waals surface area contributed by atoms with Gasteiger partial charge in [-0.15, -0.1) is 13.2 Å². The first-order chi connectivity index (χ1) is 16.1. The second-order valence-electron chi connectivity index (χ2n) is 10.1. The Morgan fingerprint density at radius 1 is 1.20 bits per heavy atom. The van der Waals surface area contributed by atoms with Crippen molar-refractivity contribution >= 4 is 24.0 Å². The van der Waals surface area contributed by atoms with Crippen LogP contribution in [0.2, 0.25) is 0 Å². The molecule has 0 aromatic heterocycles. The summed E-state index contributed by atoms with van der Waals surface area (Å²) in [6, 6.07) is -0.958. The van der Waals surface area contributed by atoms with Crippen LogP contribution in [0.4, 0.5) is 9.59 Å². The molecule has 1 aliphatic rings. The molecule has 3 atom stereocenters. The van der Waals surface area contributed by atoms with Gasteiger partial charge in [0.25, 0.3) is 0 Å². The summed E-state index contributed by atoms with van der Waals surface area (Å²) >= 11 is 0. The summed E-state index contributed by atoms with van der Waals surface area (Å²) in [6.45, 7) is 16.3. The predicted octanol–water partition coefficient (Wildman–Crippen LogP) is 2.83. The van der Waals surface area contributed by atoms with Crippen LogP contribution in [0.25, 0.3) is 0 Å². The standard InChI is InChI=1S/C25H40N4O6/c1-9-13-18(19(30)26-15-10-2)27-22(34)35-24(6,7)25(23(3,4)5,28-21(32)33)17-14-11-12-16-29(8)20(17)31/h9-12,17-18,28H,1-2,13-16H2,3-8H3,(H,26,30)(H,27,34)(H,32,33)/t17-,18+,25?/m1/s1. The Morgan fingerprint density at radius 3 is 2.34 bits per heavy atom. The fourth-order valence-electron chi connectivity index (χ4n) is 4.90. The summed E-state index contributed by atoms with van der Waals surface area (Å²) in [5.74, 6) is -1.59. The van der Waals surface area contributed by atoms with Crippen LogP contribution in [0.15, 0.2) is 37.5 Å². The van der Waals surface area contributed by atoms with E-state index in [9.17, 15) is 24.3 Å². The van der Waals surface area contributed by atoms with Crippen LogP contribution in [-0.2, 0) is 14.3 Å². The van der Waals surface area contributed by atoms with Crippen molar-refractivity contribution in [2.75, 3.05) is 20.1 Å². The van der Waals surface area contributed by atoms with E-state index >= 15 is 0 Å². The molecule has 35 heavy (non-hydrogen) atoms. The number of likely N-dealkylation sites (N-methyl/N-ethyl adjacent to an activating group) is 1. The van der Waals surface area contributed by atoms with E-state index in [0.717, 1.165) is 0 Å². The van der Waals surface area contributed by atoms with Gasteiger partial charge in [-0.1, -0.05) is 45.1 Å². The summed E-state index contributed by atoms with van der Waals surface area (Å²) < 4.78 is 5.83. The van der Waals surface area contributed by atoms with Crippen molar-refractivity contribution in [3.63, 3.8) is 0 Å². The Kier molecular flexibility index (Phi) is 10.1. The molecule has 10 heteroatoms. The quantitative estimate of drug-likeness (QED) is 0.346. The van der Waals surface area contributed by atoms with Gasteiger partial charge in [0.2, 0.25) is 11.8 Å². The Morgan fingerprint density at radius 2 is 1.83 bits per heavy atom. The molecule has 0 bridgehead atoms. The van der Waals surface area contributed by atoms with Gasteiger partial charge in [-0.3, -0.25) is 9.59 Å². The van der Waals surface area contributed by atoms with Crippen molar-refractivity contribution in [3.8, 4) is 0 Å². The maximum atomic E-state index is 13.4. The average Bonchev–Trinajstić information content (AvgIpc) is 2.89. The zero-order valence-electron chi connectivity index (χ0n) is 21.6. The largest absolute Gasteiger partial charge is 0.465 e. The summed E-state index contributed by atoms with van der Waals surface area (Å²) in [4.78, 5) is 52.5. The Hall–Kier alpha value is -3.30. The van der Waals surface area contributed by atoms with Crippen molar-refractivity contribution in [2.45, 2.75) is 64.6 Å². The normalized spacial score (nSPS) is 19.0. The maximum Gasteiger partial charge on any atom is 0.408 e. The zero-order chi connectivity index (χ0) is 27.0. The van der Waals surface area contributed by atoms with Crippen LogP contribution in [-0.4, -0.2) is 71.3 Å². The minimum Gasteiger partial charge on any atom is -0.465 e. The third-order valence-electron chi connectivity index (χ3n) is 6.33. The van der Waals surface area contributed by atoms with Crippen LogP contribution in [0.1, 0.15) is 47.5 Å². The number of carbonyl (C=O) groups excluding carboxylic acids is 3. The Labute approximate surface area is 207 Å². The Balaban J connectivity index is 3.46. The van der Waals surface area contributed by atoms with Gasteiger partial charge in [-0.2, -0.15) is 0 Å². The van der Waals surface area contributed by atoms with Gasteiger partial charge in [0.15, 0.2) is 0 Å². The molecule has 0 aliphatic carbocycles. The highest BCUT2D eigenvalue weighted by Crippen LogP contribution is 2.48. The minimum atomic E-state index is -1.54. The zero-order valence-corrected chi connectivity index (χ0v) is 21.6. The third kappa shape index (κ3) is 6.86. The monoisotopic (exact) mass is 492 g/mol. The number of nitrogens with zero attached hydrogens (tertiary/aromatic N) is 1. The van der Waals surface area contributed by atoms with Gasteiger partial charge in [0.05, 0.1) is 11.5 Å². The van der Waals surface area contributed by atoms with E-state index in [-0.39, 0.29) is 25.3 Å². The van der Waals surface area contributed by atoms with Crippen molar-refractivity contribution in [3.05, 3.63) is 37.5 Å². The van der Waals surface area contributed by atoms with E-state index in [2.05, 4.69) is 29.1 Å².